The fraction of sp³-hybridized carbons (Fsp3) is 0.778. The van der Waals surface area contributed by atoms with Crippen LogP contribution in [0.2, 0.25) is 0 Å². The van der Waals surface area contributed by atoms with Crippen molar-refractivity contribution in [2.24, 2.45) is 5.73 Å². The highest BCUT2D eigenvalue weighted by Gasteiger charge is 2.27. The van der Waals surface area contributed by atoms with Crippen LogP contribution in [0.3, 0.4) is 0 Å². The van der Waals surface area contributed by atoms with E-state index in [-0.39, 0.29) is 18.0 Å². The minimum Gasteiger partial charge on any atom is -0.392 e. The Morgan fingerprint density at radius 2 is 2.50 bits per heavy atom. The first-order chi connectivity index (χ1) is 6.54. The Balaban J connectivity index is 2.65. The predicted octanol–water partition coefficient (Wildman–Crippen LogP) is -0.129. The van der Waals surface area contributed by atoms with E-state index in [0.29, 0.717) is 11.5 Å². The maximum atomic E-state index is 11.3. The second-order valence-electron chi connectivity index (χ2n) is 3.72. The summed E-state index contributed by atoms with van der Waals surface area (Å²) in [6, 6.07) is 0.234. The molecular weight excluding hydrogens is 198 g/mol. The monoisotopic (exact) mass is 215 g/mol. The molecule has 1 rings (SSSR count). The predicted molar refractivity (Wildman–Crippen MR) is 60.0 cm³/mol. The Labute approximate surface area is 89.8 Å². The van der Waals surface area contributed by atoms with Crippen LogP contribution in [0.25, 0.3) is 0 Å². The quantitative estimate of drug-likeness (QED) is 0.644. The molecule has 0 saturated carbocycles. The molecule has 0 aliphatic carbocycles. The van der Waals surface area contributed by atoms with Crippen LogP contribution < -0.4 is 11.1 Å². The third-order valence-corrected chi connectivity index (χ3v) is 2.69. The summed E-state index contributed by atoms with van der Waals surface area (Å²) in [6.45, 7) is 5.24. The van der Waals surface area contributed by atoms with Gasteiger partial charge in [0, 0.05) is 12.6 Å². The lowest BCUT2D eigenvalue weighted by Crippen LogP contribution is -2.58. The lowest BCUT2D eigenvalue weighted by molar-refractivity contribution is -0.125. The molecule has 3 N–H and O–H groups in total. The molecule has 2 unspecified atom stereocenters. The largest absolute Gasteiger partial charge is 0.392 e. The van der Waals surface area contributed by atoms with Gasteiger partial charge in [-0.05, 0) is 13.3 Å². The van der Waals surface area contributed by atoms with Gasteiger partial charge in [0.25, 0.3) is 0 Å². The first-order valence-electron chi connectivity index (χ1n) is 4.87. The van der Waals surface area contributed by atoms with Crippen LogP contribution in [-0.4, -0.2) is 41.0 Å². The van der Waals surface area contributed by atoms with E-state index >= 15 is 0 Å². The Morgan fingerprint density at radius 1 is 1.86 bits per heavy atom. The number of thiocarbonyl (C=S) groups is 1. The van der Waals surface area contributed by atoms with E-state index in [4.69, 9.17) is 18.0 Å². The molecule has 5 heteroatoms. The van der Waals surface area contributed by atoms with Crippen molar-refractivity contribution in [2.45, 2.75) is 32.4 Å². The number of rotatable bonds is 3. The van der Waals surface area contributed by atoms with Crippen LogP contribution >= 0.6 is 12.2 Å². The Hall–Kier alpha value is -0.680. The SMILES string of the molecule is CCC(C(N)=S)N1CC(=O)NC(C)C1. The van der Waals surface area contributed by atoms with Crippen molar-refractivity contribution in [1.82, 2.24) is 10.2 Å². The van der Waals surface area contributed by atoms with Gasteiger partial charge in [-0.1, -0.05) is 19.1 Å². The van der Waals surface area contributed by atoms with Gasteiger partial charge in [0.05, 0.1) is 17.6 Å². The summed E-state index contributed by atoms with van der Waals surface area (Å²) in [7, 11) is 0. The summed E-state index contributed by atoms with van der Waals surface area (Å²) in [5.74, 6) is 0.0541. The van der Waals surface area contributed by atoms with Crippen molar-refractivity contribution in [3.05, 3.63) is 0 Å². The third kappa shape index (κ3) is 2.65. The van der Waals surface area contributed by atoms with Crippen LogP contribution in [-0.2, 0) is 4.79 Å². The van der Waals surface area contributed by atoms with E-state index in [9.17, 15) is 4.79 Å². The maximum Gasteiger partial charge on any atom is 0.234 e. The highest BCUT2D eigenvalue weighted by molar-refractivity contribution is 7.80. The van der Waals surface area contributed by atoms with Crippen molar-refractivity contribution < 1.29 is 4.79 Å². The Kier molecular flexibility index (Phi) is 3.83. The van der Waals surface area contributed by atoms with Gasteiger partial charge in [-0.3, -0.25) is 9.69 Å². The standard InChI is InChI=1S/C9H17N3OS/c1-3-7(9(10)14)12-4-6(2)11-8(13)5-12/h6-7H,3-5H2,1-2H3,(H2,10,14)(H,11,13). The zero-order chi connectivity index (χ0) is 10.7. The summed E-state index contributed by atoms with van der Waals surface area (Å²) in [4.78, 5) is 13.8. The molecule has 1 heterocycles. The smallest absolute Gasteiger partial charge is 0.234 e. The van der Waals surface area contributed by atoms with Crippen LogP contribution in [0, 0.1) is 0 Å². The molecule has 1 aliphatic heterocycles. The van der Waals surface area contributed by atoms with Gasteiger partial charge in [0.15, 0.2) is 0 Å². The number of hydrogen-bond donors (Lipinski definition) is 2. The van der Waals surface area contributed by atoms with Crippen molar-refractivity contribution >= 4 is 23.1 Å². The summed E-state index contributed by atoms with van der Waals surface area (Å²) in [6.07, 6.45) is 0.856. The number of hydrogen-bond acceptors (Lipinski definition) is 3. The average Bonchev–Trinajstić information content (AvgIpc) is 2.02. The minimum atomic E-state index is 0.0541. The molecule has 0 aromatic heterocycles. The molecule has 1 fully saturated rings. The fourth-order valence-electron chi connectivity index (χ4n) is 1.84. The third-order valence-electron chi connectivity index (χ3n) is 2.42. The van der Waals surface area contributed by atoms with E-state index in [1.807, 2.05) is 18.7 Å². The van der Waals surface area contributed by atoms with Crippen LogP contribution in [0.1, 0.15) is 20.3 Å². The second kappa shape index (κ2) is 4.70. The molecule has 0 bridgehead atoms. The molecule has 80 valence electrons. The normalized spacial score (nSPS) is 25.6. The van der Waals surface area contributed by atoms with Gasteiger partial charge >= 0.3 is 0 Å². The van der Waals surface area contributed by atoms with Gasteiger partial charge < -0.3 is 11.1 Å². The van der Waals surface area contributed by atoms with Gasteiger partial charge in [0.2, 0.25) is 5.91 Å². The van der Waals surface area contributed by atoms with Crippen LogP contribution in [0.15, 0.2) is 0 Å². The molecular formula is C9H17N3OS. The summed E-state index contributed by atoms with van der Waals surface area (Å²) >= 11 is 4.98. The number of nitrogens with zero attached hydrogens (tertiary/aromatic N) is 1. The molecule has 1 saturated heterocycles. The molecule has 0 radical (unpaired) electrons. The van der Waals surface area contributed by atoms with Crippen molar-refractivity contribution in [3.63, 3.8) is 0 Å². The number of nitrogens with two attached hydrogens (primary N) is 1. The number of nitrogens with one attached hydrogen (secondary N) is 1. The lowest BCUT2D eigenvalue weighted by atomic mass is 10.1. The van der Waals surface area contributed by atoms with E-state index in [0.717, 1.165) is 13.0 Å². The Morgan fingerprint density at radius 3 is 2.93 bits per heavy atom. The first kappa shape index (κ1) is 11.4. The van der Waals surface area contributed by atoms with Crippen LogP contribution in [0.5, 0.6) is 0 Å². The summed E-state index contributed by atoms with van der Waals surface area (Å²) in [5, 5.41) is 2.86. The summed E-state index contributed by atoms with van der Waals surface area (Å²) in [5.41, 5.74) is 5.63. The van der Waals surface area contributed by atoms with E-state index in [1.165, 1.54) is 0 Å². The van der Waals surface area contributed by atoms with Gasteiger partial charge in [-0.2, -0.15) is 0 Å². The first-order valence-corrected chi connectivity index (χ1v) is 5.28. The molecule has 0 aromatic carbocycles. The van der Waals surface area contributed by atoms with E-state index in [2.05, 4.69) is 5.32 Å². The molecule has 4 nitrogen and oxygen atoms in total. The fourth-order valence-corrected chi connectivity index (χ4v) is 2.16. The number of carbonyl (C=O) groups is 1. The summed E-state index contributed by atoms with van der Waals surface area (Å²) < 4.78 is 0. The van der Waals surface area contributed by atoms with E-state index < -0.39 is 0 Å². The number of piperazine rings is 1. The topological polar surface area (TPSA) is 58.4 Å². The molecule has 0 aromatic rings. The maximum absolute atomic E-state index is 11.3. The van der Waals surface area contributed by atoms with Crippen LogP contribution in [0.4, 0.5) is 0 Å². The molecule has 1 aliphatic rings. The van der Waals surface area contributed by atoms with Gasteiger partial charge in [-0.25, -0.2) is 0 Å². The highest BCUT2D eigenvalue weighted by Crippen LogP contribution is 2.09. The zero-order valence-corrected chi connectivity index (χ0v) is 9.43. The molecule has 14 heavy (non-hydrogen) atoms. The number of amides is 1. The highest BCUT2D eigenvalue weighted by atomic mass is 32.1. The molecule has 0 spiro atoms. The average molecular weight is 215 g/mol. The molecule has 2 atom stereocenters. The Bertz CT molecular complexity index is 242. The van der Waals surface area contributed by atoms with Crippen molar-refractivity contribution in [2.75, 3.05) is 13.1 Å². The number of carbonyl (C=O) groups excluding carboxylic acids is 1. The van der Waals surface area contributed by atoms with Gasteiger partial charge in [-0.15, -0.1) is 0 Å². The minimum absolute atomic E-state index is 0.0541. The van der Waals surface area contributed by atoms with E-state index in [1.54, 1.807) is 0 Å². The van der Waals surface area contributed by atoms with Gasteiger partial charge in [0.1, 0.15) is 0 Å². The second-order valence-corrected chi connectivity index (χ2v) is 4.20. The van der Waals surface area contributed by atoms with Crippen molar-refractivity contribution in [3.8, 4) is 0 Å². The van der Waals surface area contributed by atoms with Crippen molar-refractivity contribution in [1.29, 1.82) is 0 Å². The lowest BCUT2D eigenvalue weighted by Gasteiger charge is -2.36. The molecule has 1 amide bonds. The zero-order valence-electron chi connectivity index (χ0n) is 8.62.